The molecular weight excluding hydrogens is 190 g/mol. The van der Waals surface area contributed by atoms with E-state index in [9.17, 15) is 0 Å². The lowest BCUT2D eigenvalue weighted by molar-refractivity contribution is 0.134. The van der Waals surface area contributed by atoms with E-state index in [1.54, 1.807) is 7.11 Å². The fourth-order valence-electron chi connectivity index (χ4n) is 2.01. The number of methoxy groups -OCH3 is 1. The van der Waals surface area contributed by atoms with E-state index in [2.05, 4.69) is 11.4 Å². The molecule has 0 aromatic heterocycles. The Balaban J connectivity index is 2.34. The van der Waals surface area contributed by atoms with Gasteiger partial charge in [-0.05, 0) is 37.2 Å². The molecule has 2 rings (SSSR count). The van der Waals surface area contributed by atoms with E-state index in [0.717, 1.165) is 31.9 Å². The van der Waals surface area contributed by atoms with Gasteiger partial charge in [-0.1, -0.05) is 6.07 Å². The second-order valence-corrected chi connectivity index (χ2v) is 3.73. The average molecular weight is 207 g/mol. The number of rotatable bonds is 4. The molecule has 0 saturated heterocycles. The zero-order chi connectivity index (χ0) is 10.7. The highest BCUT2D eigenvalue weighted by atomic mass is 16.5. The van der Waals surface area contributed by atoms with Crippen LogP contribution in [0.1, 0.15) is 16.7 Å². The normalized spacial score (nSPS) is 14.0. The molecule has 1 aliphatic rings. The standard InChI is InChI=1S/C12H17NO2/c1-13-6-5-10-11-8-15-7-9(11)3-4-12(10)14-2/h3-4,13H,5-8H2,1-2H3. The Bertz CT molecular complexity index is 350. The lowest BCUT2D eigenvalue weighted by Crippen LogP contribution is -2.12. The van der Waals surface area contributed by atoms with Crippen LogP contribution in [-0.4, -0.2) is 20.7 Å². The van der Waals surface area contributed by atoms with Crippen LogP contribution in [-0.2, 0) is 24.4 Å². The summed E-state index contributed by atoms with van der Waals surface area (Å²) in [6.07, 6.45) is 0.992. The molecule has 0 amide bonds. The smallest absolute Gasteiger partial charge is 0.122 e. The highest BCUT2D eigenvalue weighted by molar-refractivity contribution is 5.46. The van der Waals surface area contributed by atoms with Crippen LogP contribution in [0.4, 0.5) is 0 Å². The maximum Gasteiger partial charge on any atom is 0.122 e. The molecule has 1 aliphatic heterocycles. The summed E-state index contributed by atoms with van der Waals surface area (Å²) in [5.74, 6) is 0.981. The fraction of sp³-hybridized carbons (Fsp3) is 0.500. The Kier molecular flexibility index (Phi) is 3.23. The number of fused-ring (bicyclic) bond motifs is 1. The van der Waals surface area contributed by atoms with E-state index in [-0.39, 0.29) is 0 Å². The van der Waals surface area contributed by atoms with E-state index in [0.29, 0.717) is 0 Å². The molecule has 0 aliphatic carbocycles. The summed E-state index contributed by atoms with van der Waals surface area (Å²) in [6.45, 7) is 2.43. The van der Waals surface area contributed by atoms with E-state index in [1.807, 2.05) is 13.1 Å². The summed E-state index contributed by atoms with van der Waals surface area (Å²) in [5, 5.41) is 3.16. The summed E-state index contributed by atoms with van der Waals surface area (Å²) in [6, 6.07) is 4.14. The Morgan fingerprint density at radius 3 is 3.00 bits per heavy atom. The Morgan fingerprint density at radius 2 is 2.27 bits per heavy atom. The van der Waals surface area contributed by atoms with Gasteiger partial charge in [-0.2, -0.15) is 0 Å². The van der Waals surface area contributed by atoms with Crippen LogP contribution in [0.3, 0.4) is 0 Å². The van der Waals surface area contributed by atoms with Crippen molar-refractivity contribution in [3.8, 4) is 5.75 Å². The second kappa shape index (κ2) is 4.64. The molecule has 0 unspecified atom stereocenters. The van der Waals surface area contributed by atoms with Crippen LogP contribution in [0.15, 0.2) is 12.1 Å². The minimum atomic E-state index is 0.728. The van der Waals surface area contributed by atoms with Gasteiger partial charge in [-0.25, -0.2) is 0 Å². The van der Waals surface area contributed by atoms with Crippen molar-refractivity contribution in [1.82, 2.24) is 5.32 Å². The van der Waals surface area contributed by atoms with Gasteiger partial charge >= 0.3 is 0 Å². The number of likely N-dealkylation sites (N-methyl/N-ethyl adjacent to an activating group) is 1. The topological polar surface area (TPSA) is 30.5 Å². The second-order valence-electron chi connectivity index (χ2n) is 3.73. The van der Waals surface area contributed by atoms with Gasteiger partial charge in [0.15, 0.2) is 0 Å². The fourth-order valence-corrected chi connectivity index (χ4v) is 2.01. The lowest BCUT2D eigenvalue weighted by Gasteiger charge is -2.12. The zero-order valence-electron chi connectivity index (χ0n) is 9.30. The summed E-state index contributed by atoms with van der Waals surface area (Å²) < 4.78 is 10.8. The Hall–Kier alpha value is -1.06. The van der Waals surface area contributed by atoms with E-state index >= 15 is 0 Å². The first-order chi connectivity index (χ1) is 7.36. The monoisotopic (exact) mass is 207 g/mol. The van der Waals surface area contributed by atoms with Gasteiger partial charge < -0.3 is 14.8 Å². The number of hydrogen-bond acceptors (Lipinski definition) is 3. The van der Waals surface area contributed by atoms with E-state index in [1.165, 1.54) is 16.7 Å². The first-order valence-electron chi connectivity index (χ1n) is 5.26. The van der Waals surface area contributed by atoms with Gasteiger partial charge in [-0.3, -0.25) is 0 Å². The van der Waals surface area contributed by atoms with Crippen molar-refractivity contribution < 1.29 is 9.47 Å². The maximum atomic E-state index is 5.46. The van der Waals surface area contributed by atoms with Gasteiger partial charge in [0, 0.05) is 5.56 Å². The number of benzene rings is 1. The molecule has 1 N–H and O–H groups in total. The van der Waals surface area contributed by atoms with Crippen LogP contribution in [0.5, 0.6) is 5.75 Å². The van der Waals surface area contributed by atoms with Crippen molar-refractivity contribution in [2.24, 2.45) is 0 Å². The number of hydrogen-bond donors (Lipinski definition) is 1. The molecule has 1 heterocycles. The van der Waals surface area contributed by atoms with E-state index < -0.39 is 0 Å². The highest BCUT2D eigenvalue weighted by Gasteiger charge is 2.18. The van der Waals surface area contributed by atoms with Gasteiger partial charge in [0.1, 0.15) is 5.75 Å². The van der Waals surface area contributed by atoms with Gasteiger partial charge in [0.25, 0.3) is 0 Å². The third-order valence-electron chi connectivity index (χ3n) is 2.83. The average Bonchev–Trinajstić information content (AvgIpc) is 2.73. The molecule has 3 nitrogen and oxygen atoms in total. The third kappa shape index (κ3) is 1.98. The van der Waals surface area contributed by atoms with Crippen molar-refractivity contribution in [1.29, 1.82) is 0 Å². The first-order valence-corrected chi connectivity index (χ1v) is 5.26. The SMILES string of the molecule is CNCCc1c(OC)ccc2c1COC2. The summed E-state index contributed by atoms with van der Waals surface area (Å²) >= 11 is 0. The predicted octanol–water partition coefficient (Wildman–Crippen LogP) is 1.49. The van der Waals surface area contributed by atoms with Crippen molar-refractivity contribution in [2.75, 3.05) is 20.7 Å². The molecule has 0 saturated carbocycles. The molecule has 1 aromatic carbocycles. The van der Waals surface area contributed by atoms with Gasteiger partial charge in [0.05, 0.1) is 20.3 Å². The summed E-state index contributed by atoms with van der Waals surface area (Å²) in [7, 11) is 3.69. The largest absolute Gasteiger partial charge is 0.496 e. The molecular formula is C12H17NO2. The van der Waals surface area contributed by atoms with Crippen molar-refractivity contribution >= 4 is 0 Å². The molecule has 0 atom stereocenters. The highest BCUT2D eigenvalue weighted by Crippen LogP contribution is 2.30. The van der Waals surface area contributed by atoms with Crippen LogP contribution in [0, 0.1) is 0 Å². The number of nitrogens with one attached hydrogen (secondary N) is 1. The maximum absolute atomic E-state index is 5.46. The van der Waals surface area contributed by atoms with Crippen LogP contribution in [0.25, 0.3) is 0 Å². The molecule has 0 radical (unpaired) electrons. The Labute approximate surface area is 90.4 Å². The summed E-state index contributed by atoms with van der Waals surface area (Å²) in [5.41, 5.74) is 3.92. The minimum Gasteiger partial charge on any atom is -0.496 e. The first kappa shape index (κ1) is 10.5. The van der Waals surface area contributed by atoms with Crippen LogP contribution < -0.4 is 10.1 Å². The van der Waals surface area contributed by atoms with Crippen molar-refractivity contribution in [3.63, 3.8) is 0 Å². The molecule has 1 aromatic rings. The molecule has 0 spiro atoms. The zero-order valence-corrected chi connectivity index (χ0v) is 9.30. The Morgan fingerprint density at radius 1 is 1.40 bits per heavy atom. The van der Waals surface area contributed by atoms with Crippen molar-refractivity contribution in [2.45, 2.75) is 19.6 Å². The van der Waals surface area contributed by atoms with Crippen LogP contribution in [0.2, 0.25) is 0 Å². The molecule has 0 fully saturated rings. The van der Waals surface area contributed by atoms with Gasteiger partial charge in [0.2, 0.25) is 0 Å². The minimum absolute atomic E-state index is 0.728. The predicted molar refractivity (Wildman–Crippen MR) is 59.1 cm³/mol. The lowest BCUT2D eigenvalue weighted by atomic mass is 10.00. The van der Waals surface area contributed by atoms with Crippen molar-refractivity contribution in [3.05, 3.63) is 28.8 Å². The molecule has 15 heavy (non-hydrogen) atoms. The van der Waals surface area contributed by atoms with Crippen LogP contribution >= 0.6 is 0 Å². The summed E-state index contributed by atoms with van der Waals surface area (Å²) in [4.78, 5) is 0. The number of ether oxygens (including phenoxy) is 2. The molecule has 82 valence electrons. The molecule has 3 heteroatoms. The molecule has 0 bridgehead atoms. The quantitative estimate of drug-likeness (QED) is 0.811. The van der Waals surface area contributed by atoms with E-state index in [4.69, 9.17) is 9.47 Å². The van der Waals surface area contributed by atoms with Gasteiger partial charge in [-0.15, -0.1) is 0 Å². The third-order valence-corrected chi connectivity index (χ3v) is 2.83.